The summed E-state index contributed by atoms with van der Waals surface area (Å²) < 4.78 is 0. The number of hydrogen-bond donors (Lipinski definition) is 1. The molecule has 2 aliphatic heterocycles. The molecule has 1 amide bonds. The normalized spacial score (nSPS) is 17.5. The van der Waals surface area contributed by atoms with Crippen LogP contribution in [0.25, 0.3) is 16.5 Å². The zero-order chi connectivity index (χ0) is 21.2. The van der Waals surface area contributed by atoms with E-state index in [2.05, 4.69) is 36.5 Å². The van der Waals surface area contributed by atoms with Crippen LogP contribution in [0.3, 0.4) is 0 Å². The van der Waals surface area contributed by atoms with Crippen molar-refractivity contribution in [1.29, 1.82) is 0 Å². The Bertz CT molecular complexity index is 1290. The van der Waals surface area contributed by atoms with E-state index in [0.29, 0.717) is 10.9 Å². The first-order valence-electron chi connectivity index (χ1n) is 10.7. The maximum atomic E-state index is 13.2. The van der Waals surface area contributed by atoms with Gasteiger partial charge in [-0.15, -0.1) is 5.10 Å². The smallest absolute Gasteiger partial charge is 0.276 e. The van der Waals surface area contributed by atoms with Gasteiger partial charge in [-0.2, -0.15) is 0 Å². The first-order chi connectivity index (χ1) is 15.3. The molecule has 5 rings (SSSR count). The Kier molecular flexibility index (Phi) is 5.47. The highest BCUT2D eigenvalue weighted by Crippen LogP contribution is 2.34. The van der Waals surface area contributed by atoms with Crippen molar-refractivity contribution in [2.24, 2.45) is 10.1 Å². The molecule has 0 aromatic heterocycles. The zero-order valence-corrected chi connectivity index (χ0v) is 18.2. The Balaban J connectivity index is 1.65. The fraction of sp³-hybridized carbons (Fsp3) is 0.240. The topological polar surface area (TPSA) is 57.1 Å². The molecular weight excluding hydrogens is 404 g/mol. The molecule has 0 bridgehead atoms. The number of fused-ring (bicyclic) bond motifs is 3. The first kappa shape index (κ1) is 19.8. The fourth-order valence-electron chi connectivity index (χ4n) is 4.09. The minimum Gasteiger partial charge on any atom is -0.298 e. The Labute approximate surface area is 185 Å². The van der Waals surface area contributed by atoms with Crippen molar-refractivity contribution >= 4 is 39.3 Å². The predicted octanol–water partition coefficient (Wildman–Crippen LogP) is 3.91. The molecule has 0 aliphatic carbocycles. The second-order valence-corrected chi connectivity index (χ2v) is 8.78. The van der Waals surface area contributed by atoms with Gasteiger partial charge in [0.15, 0.2) is 11.3 Å². The second-order valence-electron chi connectivity index (χ2n) is 7.70. The summed E-state index contributed by atoms with van der Waals surface area (Å²) in [5.74, 6) is 0.809. The summed E-state index contributed by atoms with van der Waals surface area (Å²) in [5.41, 5.74) is 1.60. The van der Waals surface area contributed by atoms with Crippen molar-refractivity contribution < 1.29 is 4.79 Å². The van der Waals surface area contributed by atoms with Crippen LogP contribution in [0.4, 0.5) is 0 Å². The second kappa shape index (κ2) is 8.55. The lowest BCUT2D eigenvalue weighted by Gasteiger charge is -2.34. The molecule has 5 nitrogen and oxygen atoms in total. The van der Waals surface area contributed by atoms with Crippen LogP contribution in [-0.4, -0.2) is 21.8 Å². The highest BCUT2D eigenvalue weighted by atomic mass is 32.2. The van der Waals surface area contributed by atoms with Crippen LogP contribution in [0, 0.1) is 0 Å². The lowest BCUT2D eigenvalue weighted by molar-refractivity contribution is -0.116. The van der Waals surface area contributed by atoms with Gasteiger partial charge in [0.2, 0.25) is 0 Å². The van der Waals surface area contributed by atoms with Gasteiger partial charge in [0.25, 0.3) is 5.91 Å². The number of hydrogen-bond acceptors (Lipinski definition) is 5. The standard InChI is InChI=1S/C25H24N4OS/c1-2-3-8-16-31-25-27-24(30)22-20-13-6-7-15-21(20)26-23(29(22)28-25)19-14-9-11-17-10-4-5-12-18(17)19/h4-7,9-15,23H,2-3,8,16H2,1H3,(H,27,28,30)/t23-/m1/s1. The quantitative estimate of drug-likeness (QED) is 0.627. The van der Waals surface area contributed by atoms with Gasteiger partial charge in [0.1, 0.15) is 5.70 Å². The van der Waals surface area contributed by atoms with Gasteiger partial charge in [0, 0.05) is 16.5 Å². The molecule has 0 radical (unpaired) electrons. The van der Waals surface area contributed by atoms with E-state index in [0.717, 1.165) is 39.1 Å². The highest BCUT2D eigenvalue weighted by Gasteiger charge is 2.34. The number of thioether (sulfide) groups is 1. The van der Waals surface area contributed by atoms with E-state index in [1.165, 1.54) is 12.8 Å². The maximum Gasteiger partial charge on any atom is 0.276 e. The number of nitrogens with zero attached hydrogens (tertiary/aromatic N) is 3. The lowest BCUT2D eigenvalue weighted by Crippen LogP contribution is -2.50. The number of unbranched alkanes of at least 4 members (excludes halogenated alkanes) is 2. The van der Waals surface area contributed by atoms with Gasteiger partial charge in [-0.1, -0.05) is 92.2 Å². The number of benzene rings is 3. The van der Waals surface area contributed by atoms with Gasteiger partial charge >= 0.3 is 0 Å². The highest BCUT2D eigenvalue weighted by molar-refractivity contribution is 8.13. The van der Waals surface area contributed by atoms with E-state index < -0.39 is 6.17 Å². The molecule has 3 aromatic rings. The average molecular weight is 429 g/mol. The lowest BCUT2D eigenvalue weighted by atomic mass is 10.0. The summed E-state index contributed by atoms with van der Waals surface area (Å²) in [6.07, 6.45) is 3.05. The van der Waals surface area contributed by atoms with Crippen molar-refractivity contribution in [3.8, 4) is 0 Å². The summed E-state index contributed by atoms with van der Waals surface area (Å²) in [5, 5.41) is 14.2. The van der Waals surface area contributed by atoms with Crippen molar-refractivity contribution in [3.05, 3.63) is 82.9 Å². The number of hydrazone groups is 1. The molecule has 0 saturated heterocycles. The van der Waals surface area contributed by atoms with E-state index in [1.807, 2.05) is 47.5 Å². The molecule has 1 N–H and O–H groups in total. The number of para-hydroxylation sites is 1. The van der Waals surface area contributed by atoms with Crippen molar-refractivity contribution in [3.63, 3.8) is 0 Å². The molecule has 31 heavy (non-hydrogen) atoms. The van der Waals surface area contributed by atoms with Crippen molar-refractivity contribution in [2.75, 3.05) is 5.75 Å². The predicted molar refractivity (Wildman–Crippen MR) is 127 cm³/mol. The molecule has 6 heteroatoms. The summed E-state index contributed by atoms with van der Waals surface area (Å²) >= 11 is 1.60. The molecule has 1 atom stereocenters. The number of rotatable bonds is 5. The van der Waals surface area contributed by atoms with Gasteiger partial charge in [-0.3, -0.25) is 15.1 Å². The Morgan fingerprint density at radius 2 is 1.81 bits per heavy atom. The molecule has 2 heterocycles. The van der Waals surface area contributed by atoms with E-state index in [4.69, 9.17) is 10.1 Å². The monoisotopic (exact) mass is 428 g/mol. The van der Waals surface area contributed by atoms with Gasteiger partial charge in [-0.25, -0.2) is 5.01 Å². The van der Waals surface area contributed by atoms with E-state index >= 15 is 0 Å². The van der Waals surface area contributed by atoms with E-state index in [-0.39, 0.29) is 5.91 Å². The molecule has 3 aromatic carbocycles. The van der Waals surface area contributed by atoms with Crippen molar-refractivity contribution in [2.45, 2.75) is 32.4 Å². The fourth-order valence-corrected chi connectivity index (χ4v) is 4.94. The van der Waals surface area contributed by atoms with Gasteiger partial charge in [-0.05, 0) is 23.3 Å². The molecular formula is C25H24N4OS. The van der Waals surface area contributed by atoms with Crippen LogP contribution in [0.2, 0.25) is 0 Å². The van der Waals surface area contributed by atoms with Crippen LogP contribution in [0.15, 0.2) is 76.8 Å². The van der Waals surface area contributed by atoms with E-state index in [1.54, 1.807) is 11.8 Å². The van der Waals surface area contributed by atoms with Gasteiger partial charge in [0.05, 0.1) is 5.36 Å². The maximum absolute atomic E-state index is 13.2. The summed E-state index contributed by atoms with van der Waals surface area (Å²) in [7, 11) is 0. The van der Waals surface area contributed by atoms with Crippen LogP contribution in [0.1, 0.15) is 37.9 Å². The first-order valence-corrected chi connectivity index (χ1v) is 11.7. The molecule has 0 spiro atoms. The Hall–Kier alpha value is -3.12. The minimum atomic E-state index is -0.395. The molecule has 156 valence electrons. The zero-order valence-electron chi connectivity index (χ0n) is 17.4. The minimum absolute atomic E-state index is 0.124. The molecule has 0 unspecified atom stereocenters. The number of carbonyl (C=O) groups excluding carboxylic acids is 1. The third kappa shape index (κ3) is 3.72. The summed E-state index contributed by atoms with van der Waals surface area (Å²) in [6, 6.07) is 22.3. The molecule has 2 aliphatic rings. The Morgan fingerprint density at radius 3 is 2.71 bits per heavy atom. The molecule has 0 saturated carbocycles. The number of amides is 1. The van der Waals surface area contributed by atoms with Gasteiger partial charge < -0.3 is 0 Å². The van der Waals surface area contributed by atoms with E-state index in [9.17, 15) is 4.79 Å². The summed E-state index contributed by atoms with van der Waals surface area (Å²) in [6.45, 7) is 2.19. The van der Waals surface area contributed by atoms with Crippen LogP contribution < -0.4 is 15.9 Å². The third-order valence-electron chi connectivity index (χ3n) is 5.60. The molecule has 0 fully saturated rings. The number of carbonyl (C=O) groups is 1. The number of amidine groups is 1. The van der Waals surface area contributed by atoms with Crippen molar-refractivity contribution in [1.82, 2.24) is 10.3 Å². The van der Waals surface area contributed by atoms with Crippen LogP contribution in [0.5, 0.6) is 0 Å². The third-order valence-corrected chi connectivity index (χ3v) is 6.55. The largest absolute Gasteiger partial charge is 0.298 e. The SMILES string of the molecule is CCCCCSC1=NN2C(=c3ccccc3=N[C@H]2c2cccc3ccccc23)C(=O)N1. The summed E-state index contributed by atoms with van der Waals surface area (Å²) in [4.78, 5) is 18.2. The number of nitrogens with one attached hydrogen (secondary N) is 1. The van der Waals surface area contributed by atoms with Crippen LogP contribution in [-0.2, 0) is 4.79 Å². The Morgan fingerprint density at radius 1 is 1.00 bits per heavy atom. The average Bonchev–Trinajstić information content (AvgIpc) is 2.81. The van der Waals surface area contributed by atoms with Crippen LogP contribution >= 0.6 is 11.8 Å².